The van der Waals surface area contributed by atoms with Gasteiger partial charge in [-0.05, 0) is 25.0 Å². The van der Waals surface area contributed by atoms with Crippen molar-refractivity contribution in [2.75, 3.05) is 7.11 Å². The highest BCUT2D eigenvalue weighted by Crippen LogP contribution is 2.42. The summed E-state index contributed by atoms with van der Waals surface area (Å²) < 4.78 is 45.2. The van der Waals surface area contributed by atoms with Gasteiger partial charge in [0.1, 0.15) is 5.75 Å². The minimum Gasteiger partial charge on any atom is -0.496 e. The third-order valence-corrected chi connectivity index (χ3v) is 3.85. The monoisotopic (exact) mass is 344 g/mol. The molecule has 0 radical (unpaired) electrons. The van der Waals surface area contributed by atoms with E-state index in [1.807, 2.05) is 6.92 Å². The smallest absolute Gasteiger partial charge is 0.438 e. The molecule has 0 saturated carbocycles. The van der Waals surface area contributed by atoms with E-state index in [0.29, 0.717) is 12.8 Å². The quantitative estimate of drug-likeness (QED) is 0.891. The second kappa shape index (κ2) is 6.80. The van der Waals surface area contributed by atoms with Crippen LogP contribution in [0.15, 0.2) is 29.4 Å². The highest BCUT2D eigenvalue weighted by Gasteiger charge is 2.63. The lowest BCUT2D eigenvalue weighted by atomic mass is 10.0. The molecule has 5 nitrogen and oxygen atoms in total. The van der Waals surface area contributed by atoms with Crippen molar-refractivity contribution in [1.82, 2.24) is 5.01 Å². The first kappa shape index (κ1) is 18.3. The molecule has 2 rings (SSSR count). The first-order valence-corrected chi connectivity index (χ1v) is 7.57. The van der Waals surface area contributed by atoms with Crippen LogP contribution < -0.4 is 4.74 Å². The predicted octanol–water partition coefficient (Wildman–Crippen LogP) is 3.34. The van der Waals surface area contributed by atoms with Crippen molar-refractivity contribution in [2.45, 2.75) is 44.5 Å². The van der Waals surface area contributed by atoms with E-state index >= 15 is 0 Å². The summed E-state index contributed by atoms with van der Waals surface area (Å²) in [6.45, 7) is 1.89. The molecule has 132 valence electrons. The molecule has 0 aromatic heterocycles. The fourth-order valence-corrected chi connectivity index (χ4v) is 2.51. The number of alkyl halides is 3. The molecular formula is C16H19F3N2O3. The summed E-state index contributed by atoms with van der Waals surface area (Å²) in [4.78, 5) is 12.6. The van der Waals surface area contributed by atoms with Crippen LogP contribution in [-0.4, -0.2) is 40.7 Å². The summed E-state index contributed by atoms with van der Waals surface area (Å²) >= 11 is 0. The molecule has 1 aromatic carbocycles. The number of carbonyl (C=O) groups is 1. The number of aliphatic hydroxyl groups is 1. The molecule has 1 amide bonds. The summed E-state index contributed by atoms with van der Waals surface area (Å²) in [6, 6.07) is 5.88. The third-order valence-electron chi connectivity index (χ3n) is 3.85. The molecule has 1 aliphatic heterocycles. The van der Waals surface area contributed by atoms with Gasteiger partial charge in [0.05, 0.1) is 12.7 Å². The summed E-state index contributed by atoms with van der Waals surface area (Å²) in [7, 11) is 1.31. The molecule has 1 atom stereocenters. The number of benzene rings is 1. The Kier molecular flexibility index (Phi) is 5.17. The molecular weight excluding hydrogens is 325 g/mol. The van der Waals surface area contributed by atoms with Crippen LogP contribution in [0.5, 0.6) is 5.75 Å². The van der Waals surface area contributed by atoms with Crippen LogP contribution >= 0.6 is 0 Å². The maximum Gasteiger partial charge on any atom is 0.438 e. The second-order valence-electron chi connectivity index (χ2n) is 5.58. The van der Waals surface area contributed by atoms with Gasteiger partial charge >= 0.3 is 6.18 Å². The molecule has 1 aliphatic rings. The Bertz CT molecular complexity index is 646. The van der Waals surface area contributed by atoms with E-state index < -0.39 is 24.2 Å². The topological polar surface area (TPSA) is 62.1 Å². The van der Waals surface area contributed by atoms with Crippen molar-refractivity contribution in [3.8, 4) is 5.75 Å². The van der Waals surface area contributed by atoms with E-state index in [1.165, 1.54) is 25.3 Å². The highest BCUT2D eigenvalue weighted by molar-refractivity contribution is 6.00. The Balaban J connectivity index is 2.42. The number of hydrogen-bond donors (Lipinski definition) is 1. The van der Waals surface area contributed by atoms with E-state index in [1.54, 1.807) is 6.07 Å². The van der Waals surface area contributed by atoms with Crippen molar-refractivity contribution in [3.05, 3.63) is 29.8 Å². The van der Waals surface area contributed by atoms with Crippen LogP contribution in [0.3, 0.4) is 0 Å². The summed E-state index contributed by atoms with van der Waals surface area (Å²) in [5.74, 6) is -0.942. The lowest BCUT2D eigenvalue weighted by Crippen LogP contribution is -2.56. The van der Waals surface area contributed by atoms with Gasteiger partial charge in [-0.25, -0.2) is 0 Å². The molecule has 0 unspecified atom stereocenters. The average molecular weight is 344 g/mol. The van der Waals surface area contributed by atoms with Gasteiger partial charge in [0.15, 0.2) is 0 Å². The lowest BCUT2D eigenvalue weighted by Gasteiger charge is -2.32. The van der Waals surface area contributed by atoms with Crippen molar-refractivity contribution in [1.29, 1.82) is 0 Å². The maximum absolute atomic E-state index is 13.4. The van der Waals surface area contributed by atoms with Crippen molar-refractivity contribution >= 4 is 11.6 Å². The largest absolute Gasteiger partial charge is 0.496 e. The van der Waals surface area contributed by atoms with Gasteiger partial charge in [-0.3, -0.25) is 4.79 Å². The number of rotatable bonds is 5. The molecule has 24 heavy (non-hydrogen) atoms. The Hall–Kier alpha value is -2.09. The van der Waals surface area contributed by atoms with Gasteiger partial charge < -0.3 is 9.84 Å². The number of nitrogens with zero attached hydrogens (tertiary/aromatic N) is 2. The van der Waals surface area contributed by atoms with Gasteiger partial charge in [-0.1, -0.05) is 25.5 Å². The van der Waals surface area contributed by atoms with E-state index in [2.05, 4.69) is 5.10 Å². The molecule has 0 bridgehead atoms. The number of para-hydroxylation sites is 1. The molecule has 0 spiro atoms. The summed E-state index contributed by atoms with van der Waals surface area (Å²) in [6.07, 6.45) is -4.07. The summed E-state index contributed by atoms with van der Waals surface area (Å²) in [5.41, 5.74) is -3.28. The number of amides is 1. The lowest BCUT2D eigenvalue weighted by molar-refractivity contribution is -0.297. The fraction of sp³-hybridized carbons (Fsp3) is 0.500. The zero-order valence-corrected chi connectivity index (χ0v) is 13.4. The SMILES string of the molecule is CCCCC1=NN(C(=O)c2ccccc2OC)[C@](O)(C(F)(F)F)C1. The minimum absolute atomic E-state index is 0.0943. The minimum atomic E-state index is -5.03. The second-order valence-corrected chi connectivity index (χ2v) is 5.58. The molecule has 1 heterocycles. The zero-order chi connectivity index (χ0) is 18.0. The van der Waals surface area contributed by atoms with Gasteiger partial charge in [-0.2, -0.15) is 23.3 Å². The number of halogens is 3. The number of carbonyl (C=O) groups excluding carboxylic acids is 1. The van der Waals surface area contributed by atoms with E-state index in [9.17, 15) is 23.1 Å². The molecule has 8 heteroatoms. The number of hydrazone groups is 1. The number of ether oxygens (including phenoxy) is 1. The van der Waals surface area contributed by atoms with Gasteiger partial charge in [0, 0.05) is 12.1 Å². The van der Waals surface area contributed by atoms with Crippen molar-refractivity contribution in [3.63, 3.8) is 0 Å². The highest BCUT2D eigenvalue weighted by atomic mass is 19.4. The molecule has 0 fully saturated rings. The normalized spacial score (nSPS) is 20.9. The number of methoxy groups -OCH3 is 1. The third kappa shape index (κ3) is 3.24. The van der Waals surface area contributed by atoms with Crippen LogP contribution in [-0.2, 0) is 0 Å². The molecule has 1 N–H and O–H groups in total. The van der Waals surface area contributed by atoms with E-state index in [-0.39, 0.29) is 22.0 Å². The van der Waals surface area contributed by atoms with Gasteiger partial charge in [0.2, 0.25) is 0 Å². The van der Waals surface area contributed by atoms with Gasteiger partial charge in [-0.15, -0.1) is 0 Å². The Morgan fingerprint density at radius 1 is 1.42 bits per heavy atom. The Morgan fingerprint density at radius 3 is 2.67 bits per heavy atom. The number of unbranched alkanes of at least 4 members (excludes halogenated alkanes) is 1. The average Bonchev–Trinajstić information content (AvgIpc) is 2.90. The maximum atomic E-state index is 13.4. The molecule has 0 aliphatic carbocycles. The van der Waals surface area contributed by atoms with Crippen LogP contribution in [0.2, 0.25) is 0 Å². The predicted molar refractivity (Wildman–Crippen MR) is 81.7 cm³/mol. The van der Waals surface area contributed by atoms with Crippen LogP contribution in [0.1, 0.15) is 43.0 Å². The van der Waals surface area contributed by atoms with E-state index in [4.69, 9.17) is 4.74 Å². The molecule has 1 aromatic rings. The summed E-state index contributed by atoms with van der Waals surface area (Å²) in [5, 5.41) is 14.1. The van der Waals surface area contributed by atoms with Crippen LogP contribution in [0.4, 0.5) is 13.2 Å². The number of hydrogen-bond acceptors (Lipinski definition) is 4. The zero-order valence-electron chi connectivity index (χ0n) is 13.4. The van der Waals surface area contributed by atoms with E-state index in [0.717, 1.165) is 6.42 Å². The first-order valence-electron chi connectivity index (χ1n) is 7.57. The first-order chi connectivity index (χ1) is 11.2. The van der Waals surface area contributed by atoms with Crippen molar-refractivity contribution < 1.29 is 27.8 Å². The van der Waals surface area contributed by atoms with Crippen molar-refractivity contribution in [2.24, 2.45) is 5.10 Å². The van der Waals surface area contributed by atoms with Crippen LogP contribution in [0, 0.1) is 0 Å². The van der Waals surface area contributed by atoms with Gasteiger partial charge in [0.25, 0.3) is 11.6 Å². The fourth-order valence-electron chi connectivity index (χ4n) is 2.51. The van der Waals surface area contributed by atoms with Crippen LogP contribution in [0.25, 0.3) is 0 Å². The molecule has 0 saturated heterocycles. The Morgan fingerprint density at radius 2 is 2.08 bits per heavy atom. The standard InChI is InChI=1S/C16H19F3N2O3/c1-3-4-7-11-10-15(23,16(17,18)19)21(20-11)14(22)12-8-5-6-9-13(12)24-2/h5-6,8-9,23H,3-4,7,10H2,1-2H3/t15-/m1/s1. The Labute approximate surface area is 137 Å².